The number of carbonyl (C=O) groups is 2. The topological polar surface area (TPSA) is 58.2 Å². The van der Waals surface area contributed by atoms with Crippen molar-refractivity contribution in [2.24, 2.45) is 0 Å². The first-order valence-corrected chi connectivity index (χ1v) is 7.26. The van der Waals surface area contributed by atoms with Crippen LogP contribution in [-0.4, -0.2) is 18.4 Å². The van der Waals surface area contributed by atoms with Gasteiger partial charge in [-0.25, -0.2) is 0 Å². The fourth-order valence-electron chi connectivity index (χ4n) is 2.11. The van der Waals surface area contributed by atoms with Crippen LogP contribution in [0.5, 0.6) is 0 Å². The maximum Gasteiger partial charge on any atom is 0.239 e. The fraction of sp³-hybridized carbons (Fsp3) is 0.222. The Bertz CT molecular complexity index is 639. The molecule has 0 aliphatic carbocycles. The van der Waals surface area contributed by atoms with Crippen molar-refractivity contribution >= 4 is 11.8 Å². The summed E-state index contributed by atoms with van der Waals surface area (Å²) in [5.74, 6) is -0.347. The first-order valence-electron chi connectivity index (χ1n) is 7.26. The van der Waals surface area contributed by atoms with Gasteiger partial charge in [0.05, 0.1) is 13.0 Å². The first kappa shape index (κ1) is 15.8. The number of hydrogen-bond donors (Lipinski definition) is 2. The molecular weight excluding hydrogens is 276 g/mol. The molecule has 2 amide bonds. The van der Waals surface area contributed by atoms with Crippen LogP contribution in [0.4, 0.5) is 0 Å². The zero-order valence-electron chi connectivity index (χ0n) is 12.6. The first-order chi connectivity index (χ1) is 10.6. The number of carbonyl (C=O) groups excluding carboxylic acids is 2. The summed E-state index contributed by atoms with van der Waals surface area (Å²) in [4.78, 5) is 23.5. The number of hydrogen-bond acceptors (Lipinski definition) is 2. The molecule has 0 saturated heterocycles. The standard InChI is InChI=1S/C18H20N2O2/c1-14-6-5-9-16(10-14)12-19-18(22)13-20-17(21)11-15-7-3-2-4-8-15/h2-10H,11-13H2,1H3,(H,19,22)(H,20,21). The summed E-state index contributed by atoms with van der Waals surface area (Å²) in [5, 5.41) is 5.42. The minimum absolute atomic E-state index is 0.00250. The maximum atomic E-state index is 11.7. The Balaban J connectivity index is 1.70. The van der Waals surface area contributed by atoms with Gasteiger partial charge in [0.2, 0.25) is 11.8 Å². The van der Waals surface area contributed by atoms with Crippen LogP contribution in [-0.2, 0) is 22.6 Å². The SMILES string of the molecule is Cc1cccc(CNC(=O)CNC(=O)Cc2ccccc2)c1. The molecule has 2 N–H and O–H groups in total. The van der Waals surface area contributed by atoms with Crippen molar-refractivity contribution in [2.75, 3.05) is 6.54 Å². The molecule has 0 radical (unpaired) electrons. The molecule has 2 rings (SSSR count). The Hall–Kier alpha value is -2.62. The predicted molar refractivity (Wildman–Crippen MR) is 86.2 cm³/mol. The summed E-state index contributed by atoms with van der Waals surface area (Å²) in [6.45, 7) is 2.47. The molecular formula is C18H20N2O2. The molecule has 0 aromatic heterocycles. The third-order valence-electron chi connectivity index (χ3n) is 3.23. The van der Waals surface area contributed by atoms with Gasteiger partial charge in [0.1, 0.15) is 0 Å². The number of nitrogens with one attached hydrogen (secondary N) is 2. The molecule has 114 valence electrons. The van der Waals surface area contributed by atoms with Crippen molar-refractivity contribution in [1.82, 2.24) is 10.6 Å². The molecule has 4 nitrogen and oxygen atoms in total. The van der Waals surface area contributed by atoms with Gasteiger partial charge in [-0.05, 0) is 18.1 Å². The van der Waals surface area contributed by atoms with E-state index in [0.29, 0.717) is 6.54 Å². The van der Waals surface area contributed by atoms with Crippen LogP contribution in [0.25, 0.3) is 0 Å². The molecule has 0 bridgehead atoms. The summed E-state index contributed by atoms with van der Waals surface area (Å²) in [5.41, 5.74) is 3.13. The number of benzene rings is 2. The lowest BCUT2D eigenvalue weighted by atomic mass is 10.1. The van der Waals surface area contributed by atoms with Crippen molar-refractivity contribution in [1.29, 1.82) is 0 Å². The Kier molecular flexibility index (Phi) is 5.72. The molecule has 0 saturated carbocycles. The maximum absolute atomic E-state index is 11.7. The quantitative estimate of drug-likeness (QED) is 0.856. The second kappa shape index (κ2) is 7.98. The van der Waals surface area contributed by atoms with Gasteiger partial charge in [-0.1, -0.05) is 60.2 Å². The molecule has 2 aromatic rings. The molecule has 0 unspecified atom stereocenters. The van der Waals surface area contributed by atoms with Gasteiger partial charge in [0.25, 0.3) is 0 Å². The highest BCUT2D eigenvalue weighted by Gasteiger charge is 2.06. The normalized spacial score (nSPS) is 10.0. The Morgan fingerprint density at radius 3 is 2.32 bits per heavy atom. The van der Waals surface area contributed by atoms with Gasteiger partial charge >= 0.3 is 0 Å². The fourth-order valence-corrected chi connectivity index (χ4v) is 2.11. The summed E-state index contributed by atoms with van der Waals surface area (Å²) in [6.07, 6.45) is 0.284. The Morgan fingerprint density at radius 1 is 0.864 bits per heavy atom. The van der Waals surface area contributed by atoms with E-state index < -0.39 is 0 Å². The van der Waals surface area contributed by atoms with E-state index >= 15 is 0 Å². The lowest BCUT2D eigenvalue weighted by Crippen LogP contribution is -2.37. The summed E-state index contributed by atoms with van der Waals surface area (Å²) in [6, 6.07) is 17.4. The molecule has 2 aromatic carbocycles. The van der Waals surface area contributed by atoms with Crippen molar-refractivity contribution in [3.8, 4) is 0 Å². The van der Waals surface area contributed by atoms with Gasteiger partial charge in [0.15, 0.2) is 0 Å². The van der Waals surface area contributed by atoms with Gasteiger partial charge in [-0.2, -0.15) is 0 Å². The molecule has 4 heteroatoms. The van der Waals surface area contributed by atoms with E-state index in [0.717, 1.165) is 16.7 Å². The van der Waals surface area contributed by atoms with Gasteiger partial charge in [-0.3, -0.25) is 9.59 Å². The smallest absolute Gasteiger partial charge is 0.239 e. The summed E-state index contributed by atoms with van der Waals surface area (Å²) in [7, 11) is 0. The Labute approximate surface area is 130 Å². The van der Waals surface area contributed by atoms with Crippen LogP contribution in [0, 0.1) is 6.92 Å². The number of aryl methyl sites for hydroxylation is 1. The van der Waals surface area contributed by atoms with E-state index in [1.54, 1.807) is 0 Å². The highest BCUT2D eigenvalue weighted by molar-refractivity contribution is 5.85. The minimum Gasteiger partial charge on any atom is -0.350 e. The lowest BCUT2D eigenvalue weighted by Gasteiger charge is -2.07. The molecule has 0 fully saturated rings. The lowest BCUT2D eigenvalue weighted by molar-refractivity contribution is -0.125. The molecule has 22 heavy (non-hydrogen) atoms. The average Bonchev–Trinajstić information content (AvgIpc) is 2.52. The molecule has 0 aliphatic heterocycles. The van der Waals surface area contributed by atoms with Crippen molar-refractivity contribution in [2.45, 2.75) is 19.9 Å². The average molecular weight is 296 g/mol. The molecule has 0 heterocycles. The van der Waals surface area contributed by atoms with Crippen molar-refractivity contribution in [3.63, 3.8) is 0 Å². The van der Waals surface area contributed by atoms with Crippen molar-refractivity contribution in [3.05, 3.63) is 71.3 Å². The Morgan fingerprint density at radius 2 is 1.59 bits per heavy atom. The van der Waals surface area contributed by atoms with Gasteiger partial charge in [-0.15, -0.1) is 0 Å². The summed E-state index contributed by atoms with van der Waals surface area (Å²) >= 11 is 0. The van der Waals surface area contributed by atoms with Crippen LogP contribution in [0.2, 0.25) is 0 Å². The zero-order valence-corrected chi connectivity index (χ0v) is 12.6. The van der Waals surface area contributed by atoms with E-state index in [1.807, 2.05) is 61.5 Å². The zero-order chi connectivity index (χ0) is 15.8. The van der Waals surface area contributed by atoms with Crippen LogP contribution in [0.3, 0.4) is 0 Å². The second-order valence-electron chi connectivity index (χ2n) is 5.20. The van der Waals surface area contributed by atoms with Crippen molar-refractivity contribution < 1.29 is 9.59 Å². The van der Waals surface area contributed by atoms with E-state index in [2.05, 4.69) is 10.6 Å². The van der Waals surface area contributed by atoms with E-state index in [9.17, 15) is 9.59 Å². The van der Waals surface area contributed by atoms with Crippen LogP contribution < -0.4 is 10.6 Å². The minimum atomic E-state index is -0.192. The largest absolute Gasteiger partial charge is 0.350 e. The van der Waals surface area contributed by atoms with Gasteiger partial charge < -0.3 is 10.6 Å². The highest BCUT2D eigenvalue weighted by Crippen LogP contribution is 2.03. The summed E-state index contributed by atoms with van der Waals surface area (Å²) < 4.78 is 0. The van der Waals surface area contributed by atoms with E-state index in [1.165, 1.54) is 0 Å². The van der Waals surface area contributed by atoms with E-state index in [-0.39, 0.29) is 24.8 Å². The number of amides is 2. The third-order valence-corrected chi connectivity index (χ3v) is 3.23. The second-order valence-corrected chi connectivity index (χ2v) is 5.20. The van der Waals surface area contributed by atoms with Crippen LogP contribution >= 0.6 is 0 Å². The van der Waals surface area contributed by atoms with Crippen LogP contribution in [0.15, 0.2) is 54.6 Å². The highest BCUT2D eigenvalue weighted by atomic mass is 16.2. The molecule has 0 spiro atoms. The van der Waals surface area contributed by atoms with Crippen LogP contribution in [0.1, 0.15) is 16.7 Å². The van der Waals surface area contributed by atoms with E-state index in [4.69, 9.17) is 0 Å². The molecule has 0 aliphatic rings. The third kappa shape index (κ3) is 5.40. The predicted octanol–water partition coefficient (Wildman–Crippen LogP) is 1.97. The van der Waals surface area contributed by atoms with Gasteiger partial charge in [0, 0.05) is 6.54 Å². The number of rotatable bonds is 6. The monoisotopic (exact) mass is 296 g/mol. The molecule has 0 atom stereocenters.